The Hall–Kier alpha value is -0.570. The molecule has 3 heteroatoms. The van der Waals surface area contributed by atoms with E-state index in [2.05, 4.69) is 19.2 Å². The van der Waals surface area contributed by atoms with E-state index < -0.39 is 0 Å². The highest BCUT2D eigenvalue weighted by molar-refractivity contribution is 5.76. The highest BCUT2D eigenvalue weighted by atomic mass is 16.1. The lowest BCUT2D eigenvalue weighted by atomic mass is 9.96. The van der Waals surface area contributed by atoms with Crippen LogP contribution in [0.15, 0.2) is 0 Å². The summed E-state index contributed by atoms with van der Waals surface area (Å²) in [4.78, 5) is 11.9. The van der Waals surface area contributed by atoms with Crippen molar-refractivity contribution >= 4 is 5.91 Å². The van der Waals surface area contributed by atoms with Crippen molar-refractivity contribution in [3.63, 3.8) is 0 Å². The topological polar surface area (TPSA) is 55.1 Å². The lowest BCUT2D eigenvalue weighted by molar-refractivity contribution is -0.122. The Bertz CT molecular complexity index is 237. The van der Waals surface area contributed by atoms with Crippen molar-refractivity contribution in [2.75, 3.05) is 6.54 Å². The van der Waals surface area contributed by atoms with Gasteiger partial charge in [-0.15, -0.1) is 0 Å². The Balaban J connectivity index is 2.19. The zero-order valence-electron chi connectivity index (χ0n) is 12.1. The van der Waals surface area contributed by atoms with Crippen LogP contribution >= 0.6 is 0 Å². The molecule has 0 bridgehead atoms. The van der Waals surface area contributed by atoms with Crippen molar-refractivity contribution in [3.8, 4) is 0 Å². The van der Waals surface area contributed by atoms with Gasteiger partial charge in [0.1, 0.15) is 0 Å². The second-order valence-electron chi connectivity index (χ2n) is 5.79. The maximum atomic E-state index is 11.9. The molecule has 0 radical (unpaired) electrons. The smallest absolute Gasteiger partial charge is 0.220 e. The Morgan fingerprint density at radius 1 is 1.33 bits per heavy atom. The minimum atomic E-state index is 0.227. The first-order valence-electron chi connectivity index (χ1n) is 7.66. The number of carbonyl (C=O) groups is 1. The van der Waals surface area contributed by atoms with Gasteiger partial charge >= 0.3 is 0 Å². The number of hydrogen-bond acceptors (Lipinski definition) is 2. The van der Waals surface area contributed by atoms with E-state index >= 15 is 0 Å². The third-order valence-electron chi connectivity index (χ3n) is 4.43. The van der Waals surface area contributed by atoms with E-state index in [1.54, 1.807) is 0 Å². The largest absolute Gasteiger partial charge is 0.353 e. The first kappa shape index (κ1) is 15.5. The molecule has 1 rings (SSSR count). The SMILES string of the molecule is CCC(CCN)CCC(=O)NC(C)C1CCCC1. The lowest BCUT2D eigenvalue weighted by Crippen LogP contribution is -2.37. The van der Waals surface area contributed by atoms with Crippen LogP contribution in [-0.2, 0) is 4.79 Å². The zero-order valence-corrected chi connectivity index (χ0v) is 12.1. The van der Waals surface area contributed by atoms with E-state index in [4.69, 9.17) is 5.73 Å². The first-order valence-corrected chi connectivity index (χ1v) is 7.66. The van der Waals surface area contributed by atoms with E-state index in [1.807, 2.05) is 0 Å². The molecule has 0 saturated heterocycles. The van der Waals surface area contributed by atoms with Crippen molar-refractivity contribution < 1.29 is 4.79 Å². The molecule has 1 saturated carbocycles. The van der Waals surface area contributed by atoms with Gasteiger partial charge in [-0.1, -0.05) is 26.2 Å². The van der Waals surface area contributed by atoms with Crippen molar-refractivity contribution in [1.82, 2.24) is 5.32 Å². The third kappa shape index (κ3) is 5.38. The highest BCUT2D eigenvalue weighted by Crippen LogP contribution is 2.27. The predicted molar refractivity (Wildman–Crippen MR) is 76.2 cm³/mol. The molecular weight excluding hydrogens is 224 g/mol. The van der Waals surface area contributed by atoms with Crippen molar-refractivity contribution in [2.45, 2.75) is 71.3 Å². The van der Waals surface area contributed by atoms with Crippen LogP contribution in [0.1, 0.15) is 65.2 Å². The zero-order chi connectivity index (χ0) is 13.4. The maximum Gasteiger partial charge on any atom is 0.220 e. The normalized spacial score (nSPS) is 19.7. The van der Waals surface area contributed by atoms with E-state index in [9.17, 15) is 4.79 Å². The molecule has 1 aliphatic rings. The van der Waals surface area contributed by atoms with Crippen LogP contribution in [0.2, 0.25) is 0 Å². The summed E-state index contributed by atoms with van der Waals surface area (Å²) >= 11 is 0. The van der Waals surface area contributed by atoms with Gasteiger partial charge in [0, 0.05) is 12.5 Å². The standard InChI is InChI=1S/C15H30N2O/c1-3-13(10-11-16)8-9-15(18)17-12(2)14-6-4-5-7-14/h12-14H,3-11,16H2,1-2H3,(H,17,18). The van der Waals surface area contributed by atoms with Gasteiger partial charge in [0.25, 0.3) is 0 Å². The predicted octanol–water partition coefficient (Wildman–Crippen LogP) is 2.84. The van der Waals surface area contributed by atoms with Crippen LogP contribution < -0.4 is 11.1 Å². The van der Waals surface area contributed by atoms with Gasteiger partial charge in [0.05, 0.1) is 0 Å². The summed E-state index contributed by atoms with van der Waals surface area (Å²) < 4.78 is 0. The number of carbonyl (C=O) groups excluding carboxylic acids is 1. The fourth-order valence-electron chi connectivity index (χ4n) is 3.02. The average molecular weight is 254 g/mol. The molecule has 0 aromatic rings. The van der Waals surface area contributed by atoms with E-state index in [-0.39, 0.29) is 5.91 Å². The van der Waals surface area contributed by atoms with Gasteiger partial charge in [0.2, 0.25) is 5.91 Å². The maximum absolute atomic E-state index is 11.9. The Morgan fingerprint density at radius 3 is 2.56 bits per heavy atom. The Kier molecular flexibility index (Phi) is 7.33. The summed E-state index contributed by atoms with van der Waals surface area (Å²) in [6.45, 7) is 5.07. The molecule has 0 aromatic heterocycles. The van der Waals surface area contributed by atoms with Gasteiger partial charge < -0.3 is 11.1 Å². The minimum Gasteiger partial charge on any atom is -0.353 e. The number of hydrogen-bond donors (Lipinski definition) is 2. The summed E-state index contributed by atoms with van der Waals surface area (Å²) in [6, 6.07) is 0.356. The first-order chi connectivity index (χ1) is 8.67. The molecule has 0 spiro atoms. The fraction of sp³-hybridized carbons (Fsp3) is 0.933. The quantitative estimate of drug-likeness (QED) is 0.700. The Labute approximate surface area is 112 Å². The molecule has 106 valence electrons. The monoisotopic (exact) mass is 254 g/mol. The van der Waals surface area contributed by atoms with Crippen LogP contribution in [0, 0.1) is 11.8 Å². The number of amides is 1. The van der Waals surface area contributed by atoms with E-state index in [0.29, 0.717) is 24.3 Å². The number of rotatable bonds is 8. The summed E-state index contributed by atoms with van der Waals surface area (Å²) in [6.07, 6.45) is 9.05. The molecule has 3 N–H and O–H groups in total. The number of nitrogens with two attached hydrogens (primary N) is 1. The second kappa shape index (κ2) is 8.52. The van der Waals surface area contributed by atoms with Gasteiger partial charge in [0.15, 0.2) is 0 Å². The van der Waals surface area contributed by atoms with E-state index in [1.165, 1.54) is 25.7 Å². The van der Waals surface area contributed by atoms with Crippen molar-refractivity contribution in [3.05, 3.63) is 0 Å². The van der Waals surface area contributed by atoms with Crippen LogP contribution in [-0.4, -0.2) is 18.5 Å². The number of nitrogens with one attached hydrogen (secondary N) is 1. The molecule has 18 heavy (non-hydrogen) atoms. The average Bonchev–Trinajstić information content (AvgIpc) is 2.88. The molecule has 0 aliphatic heterocycles. The molecule has 0 heterocycles. The Morgan fingerprint density at radius 2 is 2.00 bits per heavy atom. The summed E-state index contributed by atoms with van der Waals surface area (Å²) in [5.41, 5.74) is 5.57. The molecular formula is C15H30N2O. The molecule has 2 unspecified atom stereocenters. The second-order valence-corrected chi connectivity index (χ2v) is 5.79. The van der Waals surface area contributed by atoms with Gasteiger partial charge in [-0.05, 0) is 51.0 Å². The van der Waals surface area contributed by atoms with Gasteiger partial charge in [-0.3, -0.25) is 4.79 Å². The van der Waals surface area contributed by atoms with Gasteiger partial charge in [-0.2, -0.15) is 0 Å². The van der Waals surface area contributed by atoms with Crippen molar-refractivity contribution in [2.24, 2.45) is 17.6 Å². The molecule has 0 aromatic carbocycles. The van der Waals surface area contributed by atoms with Crippen LogP contribution in [0.25, 0.3) is 0 Å². The van der Waals surface area contributed by atoms with E-state index in [0.717, 1.165) is 25.8 Å². The molecule has 3 nitrogen and oxygen atoms in total. The van der Waals surface area contributed by atoms with Crippen molar-refractivity contribution in [1.29, 1.82) is 0 Å². The van der Waals surface area contributed by atoms with Gasteiger partial charge in [-0.25, -0.2) is 0 Å². The van der Waals surface area contributed by atoms with Crippen LogP contribution in [0.4, 0.5) is 0 Å². The lowest BCUT2D eigenvalue weighted by Gasteiger charge is -2.21. The third-order valence-corrected chi connectivity index (χ3v) is 4.43. The summed E-state index contributed by atoms with van der Waals surface area (Å²) in [5, 5.41) is 3.17. The molecule has 1 aliphatic carbocycles. The summed E-state index contributed by atoms with van der Waals surface area (Å²) in [5.74, 6) is 1.55. The molecule has 1 fully saturated rings. The van der Waals surface area contributed by atoms with Crippen LogP contribution in [0.5, 0.6) is 0 Å². The highest BCUT2D eigenvalue weighted by Gasteiger charge is 2.22. The minimum absolute atomic E-state index is 0.227. The summed E-state index contributed by atoms with van der Waals surface area (Å²) in [7, 11) is 0. The van der Waals surface area contributed by atoms with Crippen LogP contribution in [0.3, 0.4) is 0 Å². The molecule has 1 amide bonds. The molecule has 2 atom stereocenters. The fourth-order valence-corrected chi connectivity index (χ4v) is 3.02.